The highest BCUT2D eigenvalue weighted by atomic mass is 19.3. The van der Waals surface area contributed by atoms with E-state index in [9.17, 15) is 13.6 Å². The molecule has 4 nitrogen and oxygen atoms in total. The van der Waals surface area contributed by atoms with Crippen LogP contribution in [0, 0.1) is 6.92 Å². The molecule has 0 saturated carbocycles. The van der Waals surface area contributed by atoms with Crippen molar-refractivity contribution in [3.05, 3.63) is 29.7 Å². The van der Waals surface area contributed by atoms with Crippen LogP contribution in [-0.4, -0.2) is 16.1 Å². The number of carbonyl (C=O) groups is 1. The number of aromatic nitrogens is 1. The summed E-state index contributed by atoms with van der Waals surface area (Å²) in [6.45, 7) is 1.58. The summed E-state index contributed by atoms with van der Waals surface area (Å²) in [5.74, 6) is -5.76. The van der Waals surface area contributed by atoms with E-state index in [2.05, 4.69) is 4.98 Å². The second-order valence-electron chi connectivity index (χ2n) is 3.29. The summed E-state index contributed by atoms with van der Waals surface area (Å²) in [7, 11) is 0. The topological polar surface area (TPSA) is 63.3 Å². The molecule has 0 aliphatic carbocycles. The fraction of sp³-hybridized carbons (Fsp3) is 0.200. The standard InChI is InChI=1S/C10H7F2NO3/c1-5-13-7-4-6(2-3-8(7)16-5)10(11,12)9(14)15/h2-4H,1H3,(H,14,15). The molecule has 84 valence electrons. The number of rotatable bonds is 2. The fourth-order valence-electron chi connectivity index (χ4n) is 1.36. The Bertz CT molecular complexity index is 562. The van der Waals surface area contributed by atoms with E-state index < -0.39 is 17.5 Å². The van der Waals surface area contributed by atoms with Gasteiger partial charge in [0.25, 0.3) is 0 Å². The molecule has 0 saturated heterocycles. The predicted octanol–water partition coefficient (Wildman–Crippen LogP) is 2.31. The Morgan fingerprint density at radius 1 is 1.50 bits per heavy atom. The monoisotopic (exact) mass is 227 g/mol. The Balaban J connectivity index is 2.58. The van der Waals surface area contributed by atoms with E-state index in [0.29, 0.717) is 11.5 Å². The van der Waals surface area contributed by atoms with Crippen molar-refractivity contribution in [2.45, 2.75) is 12.8 Å². The van der Waals surface area contributed by atoms with E-state index >= 15 is 0 Å². The Morgan fingerprint density at radius 2 is 2.19 bits per heavy atom. The third-order valence-electron chi connectivity index (χ3n) is 2.13. The summed E-state index contributed by atoms with van der Waals surface area (Å²) >= 11 is 0. The molecular formula is C10H7F2NO3. The highest BCUT2D eigenvalue weighted by Gasteiger charge is 2.41. The van der Waals surface area contributed by atoms with Crippen LogP contribution in [0.2, 0.25) is 0 Å². The molecule has 0 bridgehead atoms. The lowest BCUT2D eigenvalue weighted by atomic mass is 10.1. The average Bonchev–Trinajstić information content (AvgIpc) is 2.56. The molecule has 6 heteroatoms. The van der Waals surface area contributed by atoms with E-state index in [-0.39, 0.29) is 5.52 Å². The first-order valence-corrected chi connectivity index (χ1v) is 4.40. The summed E-state index contributed by atoms with van der Waals surface area (Å²) in [6, 6.07) is 3.31. The van der Waals surface area contributed by atoms with Crippen molar-refractivity contribution >= 4 is 17.1 Å². The quantitative estimate of drug-likeness (QED) is 0.854. The molecule has 2 rings (SSSR count). The van der Waals surface area contributed by atoms with E-state index in [0.717, 1.165) is 12.1 Å². The van der Waals surface area contributed by atoms with Crippen molar-refractivity contribution in [2.24, 2.45) is 0 Å². The summed E-state index contributed by atoms with van der Waals surface area (Å²) in [6.07, 6.45) is 0. The molecule has 0 radical (unpaired) electrons. The number of hydrogen-bond donors (Lipinski definition) is 1. The van der Waals surface area contributed by atoms with Crippen LogP contribution in [0.3, 0.4) is 0 Å². The van der Waals surface area contributed by atoms with Gasteiger partial charge in [0.05, 0.1) is 0 Å². The Labute approximate surface area is 88.5 Å². The maximum Gasteiger partial charge on any atom is 0.379 e. The van der Waals surface area contributed by atoms with Gasteiger partial charge in [-0.2, -0.15) is 8.78 Å². The molecule has 0 atom stereocenters. The number of nitrogens with zero attached hydrogens (tertiary/aromatic N) is 1. The molecule has 1 N–H and O–H groups in total. The van der Waals surface area contributed by atoms with Crippen molar-refractivity contribution in [1.82, 2.24) is 4.98 Å². The van der Waals surface area contributed by atoms with Gasteiger partial charge in [0.1, 0.15) is 5.52 Å². The van der Waals surface area contributed by atoms with E-state index in [1.807, 2.05) is 0 Å². The minimum Gasteiger partial charge on any atom is -0.477 e. The van der Waals surface area contributed by atoms with Gasteiger partial charge in [-0.1, -0.05) is 0 Å². The van der Waals surface area contributed by atoms with Gasteiger partial charge in [-0.3, -0.25) is 0 Å². The first-order valence-electron chi connectivity index (χ1n) is 4.40. The Hall–Kier alpha value is -1.98. The van der Waals surface area contributed by atoms with Crippen molar-refractivity contribution in [1.29, 1.82) is 0 Å². The number of carboxylic acid groups (broad SMARTS) is 1. The van der Waals surface area contributed by atoms with Crippen molar-refractivity contribution < 1.29 is 23.1 Å². The number of fused-ring (bicyclic) bond motifs is 1. The number of aryl methyl sites for hydroxylation is 1. The molecule has 0 aliphatic rings. The highest BCUT2D eigenvalue weighted by Crippen LogP contribution is 2.30. The van der Waals surface area contributed by atoms with Crippen molar-refractivity contribution in [3.63, 3.8) is 0 Å². The zero-order valence-electron chi connectivity index (χ0n) is 8.20. The maximum absolute atomic E-state index is 13.2. The van der Waals surface area contributed by atoms with Crippen LogP contribution < -0.4 is 0 Å². The largest absolute Gasteiger partial charge is 0.477 e. The molecule has 0 unspecified atom stereocenters. The smallest absolute Gasteiger partial charge is 0.379 e. The van der Waals surface area contributed by atoms with Gasteiger partial charge in [-0.05, 0) is 18.2 Å². The predicted molar refractivity (Wildman–Crippen MR) is 50.3 cm³/mol. The molecule has 0 aliphatic heterocycles. The third-order valence-corrected chi connectivity index (χ3v) is 2.13. The average molecular weight is 227 g/mol. The fourth-order valence-corrected chi connectivity index (χ4v) is 1.36. The highest BCUT2D eigenvalue weighted by molar-refractivity contribution is 5.80. The molecule has 0 amide bonds. The summed E-state index contributed by atoms with van der Waals surface area (Å²) in [5.41, 5.74) is -0.0424. The lowest BCUT2D eigenvalue weighted by Gasteiger charge is -2.10. The number of benzene rings is 1. The number of halogens is 2. The molecule has 1 aromatic heterocycles. The second-order valence-corrected chi connectivity index (χ2v) is 3.29. The number of oxazole rings is 1. The normalized spacial score (nSPS) is 11.9. The Morgan fingerprint density at radius 3 is 2.81 bits per heavy atom. The van der Waals surface area contributed by atoms with E-state index in [4.69, 9.17) is 9.52 Å². The number of aliphatic carboxylic acids is 1. The minimum absolute atomic E-state index is 0.218. The van der Waals surface area contributed by atoms with Gasteiger partial charge in [0.2, 0.25) is 0 Å². The van der Waals surface area contributed by atoms with Crippen LogP contribution in [0.4, 0.5) is 8.78 Å². The summed E-state index contributed by atoms with van der Waals surface area (Å²) < 4.78 is 31.4. The number of alkyl halides is 2. The van der Waals surface area contributed by atoms with Gasteiger partial charge in [0.15, 0.2) is 11.5 Å². The zero-order valence-corrected chi connectivity index (χ0v) is 8.20. The van der Waals surface area contributed by atoms with Crippen LogP contribution in [-0.2, 0) is 10.7 Å². The lowest BCUT2D eigenvalue weighted by Crippen LogP contribution is -2.25. The maximum atomic E-state index is 13.2. The van der Waals surface area contributed by atoms with Gasteiger partial charge in [-0.15, -0.1) is 0 Å². The van der Waals surface area contributed by atoms with E-state index in [1.165, 1.54) is 6.07 Å². The summed E-state index contributed by atoms with van der Waals surface area (Å²) in [5, 5.41) is 8.38. The van der Waals surface area contributed by atoms with Crippen LogP contribution in [0.1, 0.15) is 11.5 Å². The van der Waals surface area contributed by atoms with E-state index in [1.54, 1.807) is 6.92 Å². The first kappa shape index (κ1) is 10.5. The molecule has 16 heavy (non-hydrogen) atoms. The van der Waals surface area contributed by atoms with Gasteiger partial charge >= 0.3 is 11.9 Å². The lowest BCUT2D eigenvalue weighted by molar-refractivity contribution is -0.166. The molecule has 1 aromatic carbocycles. The van der Waals surface area contributed by atoms with Crippen LogP contribution >= 0.6 is 0 Å². The third kappa shape index (κ3) is 1.52. The molecule has 1 heterocycles. The van der Waals surface area contributed by atoms with Crippen molar-refractivity contribution in [2.75, 3.05) is 0 Å². The van der Waals surface area contributed by atoms with Gasteiger partial charge < -0.3 is 9.52 Å². The second kappa shape index (κ2) is 3.26. The number of hydrogen-bond acceptors (Lipinski definition) is 3. The zero-order chi connectivity index (χ0) is 11.9. The van der Waals surface area contributed by atoms with Gasteiger partial charge in [0, 0.05) is 12.5 Å². The van der Waals surface area contributed by atoms with Crippen molar-refractivity contribution in [3.8, 4) is 0 Å². The van der Waals surface area contributed by atoms with Crippen LogP contribution in [0.5, 0.6) is 0 Å². The van der Waals surface area contributed by atoms with Gasteiger partial charge in [-0.25, -0.2) is 9.78 Å². The molecule has 2 aromatic rings. The first-order chi connectivity index (χ1) is 7.41. The van der Waals surface area contributed by atoms with Crippen LogP contribution in [0.25, 0.3) is 11.1 Å². The molecular weight excluding hydrogens is 220 g/mol. The SMILES string of the molecule is Cc1nc2cc(C(F)(F)C(=O)O)ccc2o1. The minimum atomic E-state index is -3.92. The van der Waals surface area contributed by atoms with Crippen LogP contribution in [0.15, 0.2) is 22.6 Å². The number of carboxylic acids is 1. The molecule has 0 fully saturated rings. The molecule has 0 spiro atoms. The summed E-state index contributed by atoms with van der Waals surface area (Å²) in [4.78, 5) is 14.2. The Kier molecular flexibility index (Phi) is 2.15.